The zero-order valence-corrected chi connectivity index (χ0v) is 10.9. The van der Waals surface area contributed by atoms with Crippen LogP contribution in [0.3, 0.4) is 0 Å². The van der Waals surface area contributed by atoms with Gasteiger partial charge in [-0.2, -0.15) is 13.2 Å². The molecule has 0 amide bonds. The van der Waals surface area contributed by atoms with E-state index in [-0.39, 0.29) is 10.9 Å². The fourth-order valence-corrected chi connectivity index (χ4v) is 1.67. The molecule has 0 bridgehead atoms. The maximum absolute atomic E-state index is 12.5. The molecule has 0 aliphatic rings. The van der Waals surface area contributed by atoms with Gasteiger partial charge >= 0.3 is 6.18 Å². The van der Waals surface area contributed by atoms with Crippen LogP contribution in [0.4, 0.5) is 13.2 Å². The van der Waals surface area contributed by atoms with Crippen LogP contribution in [0, 0.1) is 0 Å². The molecule has 7 heteroatoms. The molecule has 2 aromatic rings. The molecular formula is C13H10ClF3N2O. The zero-order valence-electron chi connectivity index (χ0n) is 10.1. The highest BCUT2D eigenvalue weighted by Crippen LogP contribution is 2.34. The quantitative estimate of drug-likeness (QED) is 0.932. The fourth-order valence-electron chi connectivity index (χ4n) is 1.46. The number of aromatic nitrogens is 1. The number of ether oxygens (including phenoxy) is 1. The highest BCUT2D eigenvalue weighted by atomic mass is 35.5. The molecule has 2 N–H and O–H groups in total. The Balaban J connectivity index is 2.21. The van der Waals surface area contributed by atoms with E-state index in [1.54, 1.807) is 24.3 Å². The molecule has 106 valence electrons. The van der Waals surface area contributed by atoms with Gasteiger partial charge in [-0.25, -0.2) is 4.98 Å². The smallest absolute Gasteiger partial charge is 0.417 e. The number of pyridine rings is 1. The summed E-state index contributed by atoms with van der Waals surface area (Å²) in [5.74, 6) is 0.330. The van der Waals surface area contributed by atoms with Crippen LogP contribution < -0.4 is 10.5 Å². The van der Waals surface area contributed by atoms with E-state index >= 15 is 0 Å². The third kappa shape index (κ3) is 3.40. The summed E-state index contributed by atoms with van der Waals surface area (Å²) in [5.41, 5.74) is 5.44. The lowest BCUT2D eigenvalue weighted by Gasteiger charge is -2.10. The van der Waals surface area contributed by atoms with Crippen LogP contribution in [0.15, 0.2) is 36.5 Å². The summed E-state index contributed by atoms with van der Waals surface area (Å²) in [6, 6.07) is 7.54. The lowest BCUT2D eigenvalue weighted by Crippen LogP contribution is -2.05. The van der Waals surface area contributed by atoms with Crippen molar-refractivity contribution >= 4 is 11.6 Å². The number of rotatable bonds is 3. The number of hydrogen-bond donors (Lipinski definition) is 1. The van der Waals surface area contributed by atoms with Crippen molar-refractivity contribution in [1.82, 2.24) is 4.98 Å². The van der Waals surface area contributed by atoms with E-state index in [2.05, 4.69) is 4.98 Å². The highest BCUT2D eigenvalue weighted by Gasteiger charge is 2.31. The van der Waals surface area contributed by atoms with Crippen LogP contribution in [0.25, 0.3) is 0 Å². The van der Waals surface area contributed by atoms with Gasteiger partial charge in [-0.3, -0.25) is 0 Å². The Morgan fingerprint density at radius 1 is 1.20 bits per heavy atom. The number of hydrogen-bond acceptors (Lipinski definition) is 3. The Morgan fingerprint density at radius 2 is 1.85 bits per heavy atom. The standard InChI is InChI=1S/C13H10ClF3N2O/c14-11-5-9(13(15,16)17)7-19-12(11)20-10-3-1-8(6-18)2-4-10/h1-5,7H,6,18H2. The summed E-state index contributed by atoms with van der Waals surface area (Å²) in [4.78, 5) is 3.58. The van der Waals surface area contributed by atoms with Gasteiger partial charge in [0, 0.05) is 12.7 Å². The molecule has 0 unspecified atom stereocenters. The van der Waals surface area contributed by atoms with Crippen molar-refractivity contribution in [2.75, 3.05) is 0 Å². The van der Waals surface area contributed by atoms with E-state index in [4.69, 9.17) is 22.1 Å². The Morgan fingerprint density at radius 3 is 2.35 bits per heavy atom. The van der Waals surface area contributed by atoms with Gasteiger partial charge in [0.1, 0.15) is 10.8 Å². The maximum atomic E-state index is 12.5. The first kappa shape index (κ1) is 14.6. The molecule has 0 saturated carbocycles. The van der Waals surface area contributed by atoms with Crippen molar-refractivity contribution < 1.29 is 17.9 Å². The van der Waals surface area contributed by atoms with Crippen LogP contribution in [-0.4, -0.2) is 4.98 Å². The predicted octanol–water partition coefficient (Wildman–Crippen LogP) is 4.00. The molecule has 0 radical (unpaired) electrons. The molecule has 0 spiro atoms. The van der Waals surface area contributed by atoms with Gasteiger partial charge in [0.2, 0.25) is 5.88 Å². The lowest BCUT2D eigenvalue weighted by atomic mass is 10.2. The largest absolute Gasteiger partial charge is 0.438 e. The number of benzene rings is 1. The molecule has 0 fully saturated rings. The zero-order chi connectivity index (χ0) is 14.8. The fraction of sp³-hybridized carbons (Fsp3) is 0.154. The van der Waals surface area contributed by atoms with Gasteiger partial charge in [0.15, 0.2) is 0 Å². The second-order valence-corrected chi connectivity index (χ2v) is 4.37. The summed E-state index contributed by atoms with van der Waals surface area (Å²) in [6.45, 7) is 0.388. The van der Waals surface area contributed by atoms with Gasteiger partial charge in [-0.15, -0.1) is 0 Å². The summed E-state index contributed by atoms with van der Waals surface area (Å²) in [5, 5.41) is -0.206. The molecule has 2 rings (SSSR count). The first-order valence-electron chi connectivity index (χ1n) is 5.60. The van der Waals surface area contributed by atoms with Crippen LogP contribution >= 0.6 is 11.6 Å². The monoisotopic (exact) mass is 302 g/mol. The van der Waals surface area contributed by atoms with Gasteiger partial charge in [-0.05, 0) is 23.8 Å². The molecule has 1 heterocycles. The number of halogens is 4. The molecule has 20 heavy (non-hydrogen) atoms. The van der Waals surface area contributed by atoms with E-state index in [0.717, 1.165) is 11.6 Å². The topological polar surface area (TPSA) is 48.1 Å². The maximum Gasteiger partial charge on any atom is 0.417 e. The van der Waals surface area contributed by atoms with E-state index in [9.17, 15) is 13.2 Å². The first-order valence-corrected chi connectivity index (χ1v) is 5.97. The average Bonchev–Trinajstić information content (AvgIpc) is 2.41. The molecule has 1 aromatic heterocycles. The summed E-state index contributed by atoms with van der Waals surface area (Å²) in [6.07, 6.45) is -3.81. The van der Waals surface area contributed by atoms with E-state index in [1.807, 2.05) is 0 Å². The van der Waals surface area contributed by atoms with Gasteiger partial charge < -0.3 is 10.5 Å². The Labute approximate surface area is 118 Å². The molecule has 0 atom stereocenters. The number of nitrogens with zero attached hydrogens (tertiary/aromatic N) is 1. The van der Waals surface area contributed by atoms with Crippen molar-refractivity contribution in [2.24, 2.45) is 5.73 Å². The molecule has 0 aliphatic carbocycles. The minimum absolute atomic E-state index is 0.0832. The molecule has 3 nitrogen and oxygen atoms in total. The Kier molecular flexibility index (Phi) is 4.15. The second kappa shape index (κ2) is 5.68. The summed E-state index contributed by atoms with van der Waals surface area (Å²) in [7, 11) is 0. The van der Waals surface area contributed by atoms with E-state index in [1.165, 1.54) is 0 Å². The third-order valence-corrected chi connectivity index (χ3v) is 2.78. The van der Waals surface area contributed by atoms with Crippen molar-refractivity contribution in [2.45, 2.75) is 12.7 Å². The summed E-state index contributed by atoms with van der Waals surface area (Å²) < 4.78 is 42.7. The number of alkyl halides is 3. The number of nitrogens with two attached hydrogens (primary N) is 1. The Hall–Kier alpha value is -1.79. The minimum atomic E-state index is -4.49. The Bertz CT molecular complexity index is 600. The van der Waals surface area contributed by atoms with Crippen LogP contribution in [-0.2, 0) is 12.7 Å². The molecular weight excluding hydrogens is 293 g/mol. The van der Waals surface area contributed by atoms with Gasteiger partial charge in [0.25, 0.3) is 0 Å². The van der Waals surface area contributed by atoms with E-state index < -0.39 is 11.7 Å². The van der Waals surface area contributed by atoms with Gasteiger partial charge in [-0.1, -0.05) is 23.7 Å². The normalized spacial score (nSPS) is 11.4. The van der Waals surface area contributed by atoms with Crippen LogP contribution in [0.1, 0.15) is 11.1 Å². The first-order chi connectivity index (χ1) is 9.40. The minimum Gasteiger partial charge on any atom is -0.438 e. The average molecular weight is 303 g/mol. The predicted molar refractivity (Wildman–Crippen MR) is 68.7 cm³/mol. The van der Waals surface area contributed by atoms with Crippen molar-refractivity contribution in [1.29, 1.82) is 0 Å². The summed E-state index contributed by atoms with van der Waals surface area (Å²) >= 11 is 5.74. The molecule has 0 aliphatic heterocycles. The highest BCUT2D eigenvalue weighted by molar-refractivity contribution is 6.31. The van der Waals surface area contributed by atoms with Gasteiger partial charge in [0.05, 0.1) is 5.56 Å². The molecule has 0 saturated heterocycles. The third-order valence-electron chi connectivity index (χ3n) is 2.51. The van der Waals surface area contributed by atoms with E-state index in [0.29, 0.717) is 18.5 Å². The van der Waals surface area contributed by atoms with Crippen molar-refractivity contribution in [3.05, 3.63) is 52.7 Å². The van der Waals surface area contributed by atoms with Crippen LogP contribution in [0.5, 0.6) is 11.6 Å². The molecule has 1 aromatic carbocycles. The van der Waals surface area contributed by atoms with Crippen molar-refractivity contribution in [3.63, 3.8) is 0 Å². The lowest BCUT2D eigenvalue weighted by molar-refractivity contribution is -0.137. The SMILES string of the molecule is NCc1ccc(Oc2ncc(C(F)(F)F)cc2Cl)cc1. The van der Waals surface area contributed by atoms with Crippen LogP contribution in [0.2, 0.25) is 5.02 Å². The van der Waals surface area contributed by atoms with Crippen molar-refractivity contribution in [3.8, 4) is 11.6 Å². The second-order valence-electron chi connectivity index (χ2n) is 3.96.